The zero-order chi connectivity index (χ0) is 30.6. The first-order valence-corrected chi connectivity index (χ1v) is 16.6. The number of nitrogens with zero attached hydrogens (tertiary/aromatic N) is 2. The second kappa shape index (κ2) is 13.7. The summed E-state index contributed by atoms with van der Waals surface area (Å²) >= 11 is 6.27. The SMILES string of the molecule is C[C@H]([C@@H](C)CC(=O)N(C)C[C@@H]1CC[C@H]1CN1CCCCc2cc(Cl)ccc2COc2ccc(C(=O)O)cc21)S(N)(=O)=O. The van der Waals surface area contributed by atoms with Gasteiger partial charge >= 0.3 is 5.97 Å². The number of halogens is 1. The van der Waals surface area contributed by atoms with Crippen molar-refractivity contribution in [1.82, 2.24) is 4.90 Å². The number of primary sulfonamides is 1. The molecule has 1 heterocycles. The van der Waals surface area contributed by atoms with Gasteiger partial charge in [0.2, 0.25) is 15.9 Å². The number of ether oxygens (including phenoxy) is 1. The third-order valence-corrected chi connectivity index (χ3v) is 10.7. The maximum Gasteiger partial charge on any atom is 0.335 e. The molecular weight excluding hydrogens is 578 g/mol. The molecule has 0 saturated heterocycles. The molecule has 1 saturated carbocycles. The van der Waals surface area contributed by atoms with Crippen LogP contribution in [0.1, 0.15) is 67.4 Å². The second-order valence-corrected chi connectivity index (χ2v) is 14.3. The molecule has 42 heavy (non-hydrogen) atoms. The first kappa shape index (κ1) is 32.1. The number of carboxylic acid groups (broad SMARTS) is 1. The molecular formula is C31H42ClN3O6S. The van der Waals surface area contributed by atoms with Gasteiger partial charge in [-0.05, 0) is 98.2 Å². The Hall–Kier alpha value is -2.82. The Morgan fingerprint density at radius 1 is 1.12 bits per heavy atom. The summed E-state index contributed by atoms with van der Waals surface area (Å²) in [6.45, 7) is 5.69. The number of amides is 1. The molecule has 0 unspecified atom stereocenters. The summed E-state index contributed by atoms with van der Waals surface area (Å²) in [6, 6.07) is 10.9. The molecule has 4 atom stereocenters. The van der Waals surface area contributed by atoms with Crippen LogP contribution in [0.2, 0.25) is 5.02 Å². The highest BCUT2D eigenvalue weighted by Crippen LogP contribution is 2.39. The lowest BCUT2D eigenvalue weighted by atomic mass is 9.73. The predicted octanol–water partition coefficient (Wildman–Crippen LogP) is 4.95. The number of hydrogen-bond acceptors (Lipinski definition) is 6. The van der Waals surface area contributed by atoms with Crippen molar-refractivity contribution in [3.63, 3.8) is 0 Å². The van der Waals surface area contributed by atoms with E-state index in [1.165, 1.54) is 12.5 Å². The molecule has 2 aromatic rings. The number of fused-ring (bicyclic) bond motifs is 2. The maximum absolute atomic E-state index is 12.9. The minimum absolute atomic E-state index is 0.0941. The largest absolute Gasteiger partial charge is 0.487 e. The van der Waals surface area contributed by atoms with E-state index in [4.69, 9.17) is 21.5 Å². The number of rotatable bonds is 9. The number of carbonyl (C=O) groups excluding carboxylic acids is 1. The van der Waals surface area contributed by atoms with Crippen molar-refractivity contribution in [1.29, 1.82) is 0 Å². The van der Waals surface area contributed by atoms with E-state index in [0.29, 0.717) is 35.8 Å². The minimum Gasteiger partial charge on any atom is -0.487 e. The second-order valence-electron chi connectivity index (χ2n) is 11.9. The summed E-state index contributed by atoms with van der Waals surface area (Å²) in [5.41, 5.74) is 3.22. The van der Waals surface area contributed by atoms with Crippen LogP contribution in [0.4, 0.5) is 5.69 Å². The monoisotopic (exact) mass is 619 g/mol. The standard InChI is InChI=1S/C31H42ClN3O6S/c1-20(21(2)42(33,39)40)14-30(36)34(3)17-24-7-8-25(24)18-35-13-5-4-6-22-15-27(32)11-9-26(22)19-41-29-12-10-23(31(37)38)16-28(29)35/h9-12,15-16,20-21,24-25H,4-8,13-14,17-19H2,1-3H3,(H,37,38)(H2,33,39,40)/t20-,21+,24-,25-/m0/s1. The van der Waals surface area contributed by atoms with E-state index >= 15 is 0 Å². The van der Waals surface area contributed by atoms with Crippen molar-refractivity contribution < 1.29 is 27.9 Å². The molecule has 1 amide bonds. The number of carbonyl (C=O) groups is 2. The van der Waals surface area contributed by atoms with Gasteiger partial charge in [-0.25, -0.2) is 18.4 Å². The lowest BCUT2D eigenvalue weighted by Crippen LogP contribution is -2.45. The fourth-order valence-corrected chi connectivity index (χ4v) is 6.79. The van der Waals surface area contributed by atoms with Gasteiger partial charge in [-0.2, -0.15) is 0 Å². The van der Waals surface area contributed by atoms with Crippen molar-refractivity contribution in [2.24, 2.45) is 22.9 Å². The average Bonchev–Trinajstić information content (AvgIpc) is 2.95. The molecule has 4 rings (SSSR count). The van der Waals surface area contributed by atoms with Crippen molar-refractivity contribution >= 4 is 39.2 Å². The van der Waals surface area contributed by atoms with Crippen LogP contribution in [-0.2, 0) is 27.8 Å². The highest BCUT2D eigenvalue weighted by molar-refractivity contribution is 7.89. The van der Waals surface area contributed by atoms with Gasteiger partial charge in [0.25, 0.3) is 0 Å². The van der Waals surface area contributed by atoms with E-state index in [1.807, 2.05) is 18.2 Å². The number of carboxylic acids is 1. The third-order valence-electron chi connectivity index (χ3n) is 9.00. The van der Waals surface area contributed by atoms with Crippen LogP contribution < -0.4 is 14.8 Å². The summed E-state index contributed by atoms with van der Waals surface area (Å²) in [7, 11) is -1.94. The van der Waals surface area contributed by atoms with Crippen molar-refractivity contribution in [3.05, 3.63) is 58.1 Å². The number of benzene rings is 2. The van der Waals surface area contributed by atoms with E-state index in [9.17, 15) is 23.1 Å². The molecule has 1 aliphatic carbocycles. The highest BCUT2D eigenvalue weighted by atomic mass is 35.5. The maximum atomic E-state index is 12.9. The Morgan fingerprint density at radius 3 is 2.52 bits per heavy atom. The van der Waals surface area contributed by atoms with Crippen LogP contribution >= 0.6 is 11.6 Å². The van der Waals surface area contributed by atoms with E-state index in [2.05, 4.69) is 4.90 Å². The molecule has 1 aliphatic heterocycles. The average molecular weight is 620 g/mol. The Bertz CT molecular complexity index is 1400. The summed E-state index contributed by atoms with van der Waals surface area (Å²) in [4.78, 5) is 28.7. The Morgan fingerprint density at radius 2 is 1.86 bits per heavy atom. The van der Waals surface area contributed by atoms with E-state index < -0.39 is 21.2 Å². The van der Waals surface area contributed by atoms with Gasteiger partial charge in [0.05, 0.1) is 16.5 Å². The summed E-state index contributed by atoms with van der Waals surface area (Å²) in [5.74, 6) is -0.204. The number of aromatic carboxylic acids is 1. The summed E-state index contributed by atoms with van der Waals surface area (Å²) in [5, 5.41) is 14.9. The van der Waals surface area contributed by atoms with Crippen LogP contribution in [0, 0.1) is 17.8 Å². The number of hydrogen-bond donors (Lipinski definition) is 2. The van der Waals surface area contributed by atoms with E-state index in [-0.39, 0.29) is 23.8 Å². The van der Waals surface area contributed by atoms with Gasteiger partial charge in [0.1, 0.15) is 12.4 Å². The van der Waals surface area contributed by atoms with Crippen molar-refractivity contribution in [2.75, 3.05) is 31.6 Å². The fourth-order valence-electron chi connectivity index (χ4n) is 5.85. The molecule has 0 bridgehead atoms. The lowest BCUT2D eigenvalue weighted by molar-refractivity contribution is -0.132. The molecule has 1 fully saturated rings. The lowest BCUT2D eigenvalue weighted by Gasteiger charge is -2.42. The van der Waals surface area contributed by atoms with E-state index in [0.717, 1.165) is 56.4 Å². The van der Waals surface area contributed by atoms with Gasteiger partial charge in [-0.1, -0.05) is 24.6 Å². The van der Waals surface area contributed by atoms with Gasteiger partial charge < -0.3 is 19.6 Å². The molecule has 9 nitrogen and oxygen atoms in total. The van der Waals surface area contributed by atoms with Crippen molar-refractivity contribution in [2.45, 2.75) is 64.2 Å². The van der Waals surface area contributed by atoms with Gasteiger partial charge in [-0.3, -0.25) is 4.79 Å². The van der Waals surface area contributed by atoms with E-state index in [1.54, 1.807) is 37.1 Å². The number of nitrogens with two attached hydrogens (primary N) is 1. The Balaban J connectivity index is 1.48. The molecule has 11 heteroatoms. The smallest absolute Gasteiger partial charge is 0.335 e. The topological polar surface area (TPSA) is 130 Å². The van der Waals surface area contributed by atoms with Crippen LogP contribution in [0.25, 0.3) is 0 Å². The zero-order valence-electron chi connectivity index (χ0n) is 24.6. The van der Waals surface area contributed by atoms with Gasteiger partial charge in [0, 0.05) is 38.1 Å². The van der Waals surface area contributed by atoms with Crippen LogP contribution in [0.3, 0.4) is 0 Å². The van der Waals surface area contributed by atoms with Crippen LogP contribution in [0.15, 0.2) is 36.4 Å². The number of anilines is 1. The summed E-state index contributed by atoms with van der Waals surface area (Å²) in [6.07, 6.45) is 4.88. The quantitative estimate of drug-likeness (QED) is 0.406. The van der Waals surface area contributed by atoms with Crippen molar-refractivity contribution in [3.8, 4) is 5.75 Å². The normalized spacial score (nSPS) is 20.5. The highest BCUT2D eigenvalue weighted by Gasteiger charge is 2.35. The van der Waals surface area contributed by atoms with Gasteiger partial charge in [-0.15, -0.1) is 0 Å². The Labute approximate surface area is 254 Å². The molecule has 230 valence electrons. The molecule has 0 radical (unpaired) electrons. The number of aryl methyl sites for hydroxylation is 1. The third kappa shape index (κ3) is 7.96. The zero-order valence-corrected chi connectivity index (χ0v) is 26.2. The molecule has 2 aliphatic rings. The van der Waals surface area contributed by atoms with Crippen LogP contribution in [-0.4, -0.2) is 62.2 Å². The number of sulfonamides is 1. The molecule has 3 N–H and O–H groups in total. The first-order valence-electron chi connectivity index (χ1n) is 14.6. The summed E-state index contributed by atoms with van der Waals surface area (Å²) < 4.78 is 29.7. The fraction of sp³-hybridized carbons (Fsp3) is 0.548. The first-order chi connectivity index (χ1) is 19.8. The minimum atomic E-state index is -3.71. The van der Waals surface area contributed by atoms with Crippen LogP contribution in [0.5, 0.6) is 5.75 Å². The Kier molecular flexibility index (Phi) is 10.4. The predicted molar refractivity (Wildman–Crippen MR) is 165 cm³/mol. The van der Waals surface area contributed by atoms with Gasteiger partial charge in [0.15, 0.2) is 0 Å². The molecule has 0 aromatic heterocycles. The molecule has 2 aromatic carbocycles. The molecule has 0 spiro atoms.